The molecule has 21 heavy (non-hydrogen) atoms. The Morgan fingerprint density at radius 2 is 2.05 bits per heavy atom. The summed E-state index contributed by atoms with van der Waals surface area (Å²) in [5.74, 6) is 0.490. The van der Waals surface area contributed by atoms with E-state index in [9.17, 15) is 18.0 Å². The van der Waals surface area contributed by atoms with Gasteiger partial charge in [0.1, 0.15) is 12.0 Å². The lowest BCUT2D eigenvalue weighted by molar-refractivity contribution is -0.141. The third-order valence-electron chi connectivity index (χ3n) is 3.03. The average molecular weight is 298 g/mol. The summed E-state index contributed by atoms with van der Waals surface area (Å²) in [6.07, 6.45) is -3.81. The molecule has 0 bridgehead atoms. The third kappa shape index (κ3) is 3.24. The van der Waals surface area contributed by atoms with E-state index >= 15 is 0 Å². The Hall–Kier alpha value is -2.31. The molecule has 0 N–H and O–H groups in total. The predicted octanol–water partition coefficient (Wildman–Crippen LogP) is 3.08. The molecule has 4 nitrogen and oxygen atoms in total. The molecule has 0 amide bonds. The van der Waals surface area contributed by atoms with Crippen molar-refractivity contribution in [3.8, 4) is 5.75 Å². The maximum absolute atomic E-state index is 12.6. The Balaban J connectivity index is 2.38. The van der Waals surface area contributed by atoms with E-state index in [1.54, 1.807) is 18.2 Å². The first-order chi connectivity index (χ1) is 9.85. The minimum Gasteiger partial charge on any atom is -0.496 e. The van der Waals surface area contributed by atoms with Crippen LogP contribution in [0.4, 0.5) is 13.2 Å². The molecule has 0 fully saturated rings. The topological polar surface area (TPSA) is 44.1 Å². The summed E-state index contributed by atoms with van der Waals surface area (Å²) in [5.41, 5.74) is 0.445. The number of hydrogen-bond donors (Lipinski definition) is 0. The highest BCUT2D eigenvalue weighted by Gasteiger charge is 2.34. The fourth-order valence-corrected chi connectivity index (χ4v) is 1.97. The van der Waals surface area contributed by atoms with E-state index in [2.05, 4.69) is 5.10 Å². The zero-order valence-electron chi connectivity index (χ0n) is 11.4. The third-order valence-corrected chi connectivity index (χ3v) is 3.03. The van der Waals surface area contributed by atoms with E-state index in [1.807, 2.05) is 0 Å². The Morgan fingerprint density at radius 1 is 1.33 bits per heavy atom. The number of methoxy groups -OCH3 is 1. The van der Waals surface area contributed by atoms with Gasteiger partial charge >= 0.3 is 6.18 Å². The fraction of sp³-hybridized carbons (Fsp3) is 0.286. The molecule has 1 heterocycles. The molecule has 0 radical (unpaired) electrons. The van der Waals surface area contributed by atoms with Crippen LogP contribution in [0.2, 0.25) is 0 Å². The molecular formula is C14H13F3N2O2. The Kier molecular flexibility index (Phi) is 4.02. The molecule has 0 unspecified atom stereocenters. The zero-order valence-corrected chi connectivity index (χ0v) is 11.4. The second kappa shape index (κ2) is 5.59. The van der Waals surface area contributed by atoms with Gasteiger partial charge in [-0.15, -0.1) is 0 Å². The number of hydrogen-bond acceptors (Lipinski definition) is 3. The van der Waals surface area contributed by atoms with E-state index in [0.717, 1.165) is 6.07 Å². The summed E-state index contributed by atoms with van der Waals surface area (Å²) in [7, 11) is 1.45. The zero-order chi connectivity index (χ0) is 15.6. The number of nitrogens with zero attached hydrogens (tertiary/aromatic N) is 2. The molecule has 0 aliphatic heterocycles. The molecule has 0 atom stereocenters. The first-order valence-corrected chi connectivity index (χ1v) is 6.09. The minimum absolute atomic E-state index is 0.0900. The number of aldehydes is 1. The normalized spacial score (nSPS) is 11.5. The Morgan fingerprint density at radius 3 is 2.57 bits per heavy atom. The lowest BCUT2D eigenvalue weighted by Crippen LogP contribution is -2.10. The standard InChI is InChI=1S/C14H13F3N2O2/c1-9-5-13(14(15,16)17)18-19(9)7-11-6-10(8-20)3-4-12(11)21-2/h3-6,8H,7H2,1-2H3. The van der Waals surface area contributed by atoms with Gasteiger partial charge in [-0.25, -0.2) is 0 Å². The van der Waals surface area contributed by atoms with Crippen LogP contribution >= 0.6 is 0 Å². The lowest BCUT2D eigenvalue weighted by atomic mass is 10.1. The molecule has 0 aliphatic rings. The molecular weight excluding hydrogens is 285 g/mol. The molecule has 1 aromatic carbocycles. The summed E-state index contributed by atoms with van der Waals surface area (Å²) >= 11 is 0. The number of halogens is 3. The van der Waals surface area contributed by atoms with Gasteiger partial charge in [0.2, 0.25) is 0 Å². The van der Waals surface area contributed by atoms with Gasteiger partial charge in [-0.1, -0.05) is 0 Å². The van der Waals surface area contributed by atoms with Crippen LogP contribution in [0.3, 0.4) is 0 Å². The van der Waals surface area contributed by atoms with Crippen LogP contribution in [-0.4, -0.2) is 23.2 Å². The van der Waals surface area contributed by atoms with Crippen LogP contribution in [0.5, 0.6) is 5.75 Å². The summed E-state index contributed by atoms with van der Waals surface area (Å²) in [6.45, 7) is 1.63. The average Bonchev–Trinajstić information content (AvgIpc) is 2.80. The molecule has 2 aromatic rings. The van der Waals surface area contributed by atoms with Crippen molar-refractivity contribution in [3.05, 3.63) is 46.8 Å². The van der Waals surface area contributed by atoms with Gasteiger partial charge in [0.25, 0.3) is 0 Å². The fourth-order valence-electron chi connectivity index (χ4n) is 1.97. The molecule has 7 heteroatoms. The van der Waals surface area contributed by atoms with Gasteiger partial charge < -0.3 is 4.74 Å². The van der Waals surface area contributed by atoms with Crippen LogP contribution in [0.25, 0.3) is 0 Å². The van der Waals surface area contributed by atoms with Crippen molar-refractivity contribution in [3.63, 3.8) is 0 Å². The van der Waals surface area contributed by atoms with Crippen molar-refractivity contribution < 1.29 is 22.7 Å². The van der Waals surface area contributed by atoms with Crippen molar-refractivity contribution in [1.29, 1.82) is 0 Å². The number of aryl methyl sites for hydroxylation is 1. The molecule has 1 aromatic heterocycles. The van der Waals surface area contributed by atoms with E-state index in [1.165, 1.54) is 18.7 Å². The lowest BCUT2D eigenvalue weighted by Gasteiger charge is -2.10. The number of benzene rings is 1. The van der Waals surface area contributed by atoms with Crippen molar-refractivity contribution in [2.45, 2.75) is 19.6 Å². The number of rotatable bonds is 4. The van der Waals surface area contributed by atoms with Crippen LogP contribution in [0.15, 0.2) is 24.3 Å². The van der Waals surface area contributed by atoms with E-state index in [4.69, 9.17) is 4.74 Å². The van der Waals surface area contributed by atoms with Crippen molar-refractivity contribution in [1.82, 2.24) is 9.78 Å². The van der Waals surface area contributed by atoms with Gasteiger partial charge in [-0.05, 0) is 31.2 Å². The summed E-state index contributed by atoms with van der Waals surface area (Å²) in [6, 6.07) is 5.73. The summed E-state index contributed by atoms with van der Waals surface area (Å²) in [5, 5.41) is 3.56. The molecule has 2 rings (SSSR count). The molecule has 0 spiro atoms. The molecule has 0 aliphatic carbocycles. The monoisotopic (exact) mass is 298 g/mol. The van der Waals surface area contributed by atoms with Gasteiger partial charge in [-0.3, -0.25) is 9.48 Å². The van der Waals surface area contributed by atoms with Crippen LogP contribution in [-0.2, 0) is 12.7 Å². The highest BCUT2D eigenvalue weighted by Crippen LogP contribution is 2.29. The van der Waals surface area contributed by atoms with Crippen molar-refractivity contribution >= 4 is 6.29 Å². The SMILES string of the molecule is COc1ccc(C=O)cc1Cn1nc(C(F)(F)F)cc1C. The number of alkyl halides is 3. The second-order valence-corrected chi connectivity index (χ2v) is 4.52. The highest BCUT2D eigenvalue weighted by molar-refractivity contribution is 5.75. The summed E-state index contributed by atoms with van der Waals surface area (Å²) < 4.78 is 44.3. The minimum atomic E-state index is -4.48. The van der Waals surface area contributed by atoms with Crippen LogP contribution in [0, 0.1) is 6.92 Å². The number of aromatic nitrogens is 2. The number of carbonyl (C=O) groups excluding carboxylic acids is 1. The first-order valence-electron chi connectivity index (χ1n) is 6.09. The van der Waals surface area contributed by atoms with Gasteiger partial charge in [0, 0.05) is 16.8 Å². The van der Waals surface area contributed by atoms with Gasteiger partial charge in [-0.2, -0.15) is 18.3 Å². The van der Waals surface area contributed by atoms with E-state index in [-0.39, 0.29) is 6.54 Å². The van der Waals surface area contributed by atoms with Gasteiger partial charge in [0.05, 0.1) is 13.7 Å². The first kappa shape index (κ1) is 15.1. The van der Waals surface area contributed by atoms with Gasteiger partial charge in [0.15, 0.2) is 5.69 Å². The number of ether oxygens (including phenoxy) is 1. The maximum atomic E-state index is 12.6. The highest BCUT2D eigenvalue weighted by atomic mass is 19.4. The van der Waals surface area contributed by atoms with Crippen molar-refractivity contribution in [2.24, 2.45) is 0 Å². The predicted molar refractivity (Wildman–Crippen MR) is 69.4 cm³/mol. The molecule has 0 saturated carbocycles. The summed E-state index contributed by atoms with van der Waals surface area (Å²) in [4.78, 5) is 10.8. The smallest absolute Gasteiger partial charge is 0.435 e. The largest absolute Gasteiger partial charge is 0.496 e. The van der Waals surface area contributed by atoms with Crippen LogP contribution in [0.1, 0.15) is 27.3 Å². The quantitative estimate of drug-likeness (QED) is 0.815. The second-order valence-electron chi connectivity index (χ2n) is 4.52. The Bertz CT molecular complexity index is 663. The van der Waals surface area contributed by atoms with E-state index in [0.29, 0.717) is 28.9 Å². The van der Waals surface area contributed by atoms with Crippen LogP contribution < -0.4 is 4.74 Å². The maximum Gasteiger partial charge on any atom is 0.435 e. The number of carbonyl (C=O) groups is 1. The van der Waals surface area contributed by atoms with Crippen molar-refractivity contribution in [2.75, 3.05) is 7.11 Å². The molecule has 112 valence electrons. The molecule has 0 saturated heterocycles. The van der Waals surface area contributed by atoms with E-state index < -0.39 is 11.9 Å². The Labute approximate surface area is 119 Å².